The van der Waals surface area contributed by atoms with E-state index >= 15 is 0 Å². The lowest BCUT2D eigenvalue weighted by Gasteiger charge is -1.95. The lowest BCUT2D eigenvalue weighted by Crippen LogP contribution is -1.80. The highest BCUT2D eigenvalue weighted by Gasteiger charge is 2.10. The molecule has 1 aliphatic carbocycles. The Hall–Kier alpha value is -0.0400. The van der Waals surface area contributed by atoms with Gasteiger partial charge in [0.05, 0.1) is 6.67 Å². The lowest BCUT2D eigenvalue weighted by molar-refractivity contribution is 0.491. The molecule has 0 heterocycles. The van der Waals surface area contributed by atoms with Crippen LogP contribution in [0.4, 0.5) is 4.39 Å². The maximum Gasteiger partial charge on any atom is 0.0932 e. The summed E-state index contributed by atoms with van der Waals surface area (Å²) in [7, 11) is 0. The Balaban J connectivity index is 2.45. The van der Waals surface area contributed by atoms with E-state index in [0.717, 1.165) is 29.9 Å². The summed E-state index contributed by atoms with van der Waals surface area (Å²) in [6, 6.07) is 0. The van der Waals surface area contributed by atoms with E-state index in [0.29, 0.717) is 6.42 Å². The first kappa shape index (κ1) is 7.07. The third-order valence-electron chi connectivity index (χ3n) is 1.65. The van der Waals surface area contributed by atoms with Gasteiger partial charge >= 0.3 is 0 Å². The third kappa shape index (κ3) is 1.68. The Morgan fingerprint density at radius 2 is 2.22 bits per heavy atom. The number of rotatable bonds is 2. The smallest absolute Gasteiger partial charge is 0.0932 e. The summed E-state index contributed by atoms with van der Waals surface area (Å²) in [5, 5.41) is 0.910. The molecule has 0 nitrogen and oxygen atoms in total. The van der Waals surface area contributed by atoms with Crippen molar-refractivity contribution in [1.82, 2.24) is 0 Å². The van der Waals surface area contributed by atoms with E-state index in [4.69, 9.17) is 11.6 Å². The van der Waals surface area contributed by atoms with E-state index in [9.17, 15) is 4.39 Å². The largest absolute Gasteiger partial charge is 0.251 e. The number of hydrogen-bond acceptors (Lipinski definition) is 0. The number of allylic oxidation sites excluding steroid dienone is 2. The number of alkyl halides is 1. The molecule has 0 spiro atoms. The van der Waals surface area contributed by atoms with Crippen molar-refractivity contribution in [2.45, 2.75) is 25.7 Å². The van der Waals surface area contributed by atoms with Gasteiger partial charge in [0.25, 0.3) is 0 Å². The molecule has 0 N–H and O–H groups in total. The van der Waals surface area contributed by atoms with Gasteiger partial charge in [-0.25, -0.2) is 0 Å². The summed E-state index contributed by atoms with van der Waals surface area (Å²) in [6.07, 6.45) is 3.66. The maximum absolute atomic E-state index is 11.7. The van der Waals surface area contributed by atoms with Crippen LogP contribution in [0.3, 0.4) is 0 Å². The Morgan fingerprint density at radius 1 is 1.44 bits per heavy atom. The first-order valence-corrected chi connectivity index (χ1v) is 3.64. The molecule has 0 aromatic carbocycles. The summed E-state index contributed by atoms with van der Waals surface area (Å²) in [5.74, 6) is 0. The molecule has 0 unspecified atom stereocenters. The molecule has 0 amide bonds. The summed E-state index contributed by atoms with van der Waals surface area (Å²) in [5.41, 5.74) is 1.14. The molecule has 0 fully saturated rings. The predicted octanol–water partition coefficient (Wildman–Crippen LogP) is 3.02. The van der Waals surface area contributed by atoms with Gasteiger partial charge in [-0.2, -0.15) is 0 Å². The fraction of sp³-hybridized carbons (Fsp3) is 0.714. The van der Waals surface area contributed by atoms with Crippen LogP contribution in [0.15, 0.2) is 10.6 Å². The van der Waals surface area contributed by atoms with Crippen LogP contribution in [0.1, 0.15) is 25.7 Å². The van der Waals surface area contributed by atoms with Gasteiger partial charge in [-0.15, -0.1) is 0 Å². The summed E-state index contributed by atoms with van der Waals surface area (Å²) in [6.45, 7) is -0.258. The fourth-order valence-corrected chi connectivity index (χ4v) is 1.47. The summed E-state index contributed by atoms with van der Waals surface area (Å²) in [4.78, 5) is 0. The van der Waals surface area contributed by atoms with E-state index in [2.05, 4.69) is 0 Å². The Morgan fingerprint density at radius 3 is 2.67 bits per heavy atom. The Kier molecular flexibility index (Phi) is 2.52. The zero-order chi connectivity index (χ0) is 6.69. The van der Waals surface area contributed by atoms with Crippen LogP contribution in [0, 0.1) is 0 Å². The zero-order valence-electron chi connectivity index (χ0n) is 5.29. The monoisotopic (exact) mass is 148 g/mol. The first-order chi connectivity index (χ1) is 4.34. The molecule has 0 aromatic heterocycles. The van der Waals surface area contributed by atoms with E-state index in [1.807, 2.05) is 0 Å². The van der Waals surface area contributed by atoms with Crippen LogP contribution in [-0.2, 0) is 0 Å². The maximum atomic E-state index is 11.7. The van der Waals surface area contributed by atoms with Crippen molar-refractivity contribution in [1.29, 1.82) is 0 Å². The Labute approximate surface area is 59.7 Å². The highest BCUT2D eigenvalue weighted by atomic mass is 35.5. The van der Waals surface area contributed by atoms with Gasteiger partial charge in [0, 0.05) is 5.03 Å². The van der Waals surface area contributed by atoms with Gasteiger partial charge in [-0.1, -0.05) is 17.2 Å². The van der Waals surface area contributed by atoms with Gasteiger partial charge in [0.1, 0.15) is 0 Å². The van der Waals surface area contributed by atoms with Crippen molar-refractivity contribution >= 4 is 11.6 Å². The molecule has 0 radical (unpaired) electrons. The second-order valence-corrected chi connectivity index (χ2v) is 2.76. The molecule has 0 aromatic rings. The standard InChI is InChI=1S/C7H10ClF/c8-7-3-1-2-6(7)4-5-9/h1-5H2. The fourth-order valence-electron chi connectivity index (χ4n) is 1.14. The predicted molar refractivity (Wildman–Crippen MR) is 37.3 cm³/mol. The van der Waals surface area contributed by atoms with E-state index < -0.39 is 0 Å². The average Bonchev–Trinajstić information content (AvgIpc) is 2.18. The van der Waals surface area contributed by atoms with Gasteiger partial charge in [0.15, 0.2) is 0 Å². The minimum atomic E-state index is -0.258. The zero-order valence-corrected chi connectivity index (χ0v) is 6.05. The molecule has 0 atom stereocenters. The molecule has 2 heteroatoms. The van der Waals surface area contributed by atoms with Crippen molar-refractivity contribution in [3.63, 3.8) is 0 Å². The van der Waals surface area contributed by atoms with Crippen molar-refractivity contribution in [3.8, 4) is 0 Å². The highest BCUT2D eigenvalue weighted by Crippen LogP contribution is 2.30. The highest BCUT2D eigenvalue weighted by molar-refractivity contribution is 6.30. The Bertz CT molecular complexity index is 129. The van der Waals surface area contributed by atoms with Crippen LogP contribution in [0.2, 0.25) is 0 Å². The van der Waals surface area contributed by atoms with Crippen LogP contribution >= 0.6 is 11.6 Å². The second-order valence-electron chi connectivity index (χ2n) is 2.30. The first-order valence-electron chi connectivity index (χ1n) is 3.27. The van der Waals surface area contributed by atoms with E-state index in [1.54, 1.807) is 0 Å². The van der Waals surface area contributed by atoms with Crippen LogP contribution in [-0.4, -0.2) is 6.67 Å². The molecule has 52 valence electrons. The van der Waals surface area contributed by atoms with E-state index in [1.165, 1.54) is 0 Å². The molecule has 0 saturated carbocycles. The van der Waals surface area contributed by atoms with Crippen molar-refractivity contribution < 1.29 is 4.39 Å². The quantitative estimate of drug-likeness (QED) is 0.565. The topological polar surface area (TPSA) is 0 Å². The van der Waals surface area contributed by atoms with Gasteiger partial charge in [-0.3, -0.25) is 4.39 Å². The molecule has 1 aliphatic rings. The third-order valence-corrected chi connectivity index (χ3v) is 2.11. The molecule has 0 bridgehead atoms. The minimum Gasteiger partial charge on any atom is -0.251 e. The number of halogens is 2. The lowest BCUT2D eigenvalue weighted by atomic mass is 10.2. The normalized spacial score (nSPS) is 19.3. The SMILES string of the molecule is FCCC1=C(Cl)CCC1. The van der Waals surface area contributed by atoms with Crippen molar-refractivity contribution in [2.24, 2.45) is 0 Å². The average molecular weight is 149 g/mol. The van der Waals surface area contributed by atoms with Crippen LogP contribution in [0.5, 0.6) is 0 Å². The van der Waals surface area contributed by atoms with Crippen LogP contribution < -0.4 is 0 Å². The second kappa shape index (κ2) is 3.21. The van der Waals surface area contributed by atoms with Crippen molar-refractivity contribution in [3.05, 3.63) is 10.6 Å². The van der Waals surface area contributed by atoms with Gasteiger partial charge in [0.2, 0.25) is 0 Å². The minimum absolute atomic E-state index is 0.258. The summed E-state index contributed by atoms with van der Waals surface area (Å²) < 4.78 is 11.7. The molecule has 0 saturated heterocycles. The van der Waals surface area contributed by atoms with Crippen molar-refractivity contribution in [2.75, 3.05) is 6.67 Å². The van der Waals surface area contributed by atoms with Gasteiger partial charge in [-0.05, 0) is 25.7 Å². The molecule has 9 heavy (non-hydrogen) atoms. The summed E-state index contributed by atoms with van der Waals surface area (Å²) >= 11 is 5.77. The number of hydrogen-bond donors (Lipinski definition) is 0. The molecule has 1 rings (SSSR count). The molecule has 0 aliphatic heterocycles. The van der Waals surface area contributed by atoms with Crippen LogP contribution in [0.25, 0.3) is 0 Å². The van der Waals surface area contributed by atoms with Gasteiger partial charge < -0.3 is 0 Å². The molecular formula is C7H10ClF. The molecular weight excluding hydrogens is 139 g/mol. The van der Waals surface area contributed by atoms with E-state index in [-0.39, 0.29) is 6.67 Å².